The lowest BCUT2D eigenvalue weighted by Gasteiger charge is -2.38. The largest absolute Gasteiger partial charge is 0.490 e. The van der Waals surface area contributed by atoms with E-state index >= 15 is 0 Å². The topological polar surface area (TPSA) is 85.0 Å². The summed E-state index contributed by atoms with van der Waals surface area (Å²) in [4.78, 5) is 11.4. The summed E-state index contributed by atoms with van der Waals surface area (Å²) in [6, 6.07) is 0.465. The van der Waals surface area contributed by atoms with E-state index in [2.05, 4.69) is 10.1 Å². The first-order valence-corrected chi connectivity index (χ1v) is 8.25. The predicted octanol–water partition coefficient (Wildman–Crippen LogP) is 2.30. The summed E-state index contributed by atoms with van der Waals surface area (Å²) in [6.45, 7) is 6.66. The van der Waals surface area contributed by atoms with Gasteiger partial charge in [0.25, 0.3) is 0 Å². The molecule has 1 aromatic heterocycles. The van der Waals surface area contributed by atoms with E-state index in [0.29, 0.717) is 6.04 Å². The average molecular weight is 380 g/mol. The van der Waals surface area contributed by atoms with Gasteiger partial charge in [-0.1, -0.05) is 5.16 Å². The number of rotatable bonds is 3. The fourth-order valence-corrected chi connectivity index (χ4v) is 3.37. The number of carboxylic acids is 1. The SMILES string of the molecule is CO[C@@H]1CC[C@H]2[C@H]1OCCN2Cc1c(C)noc1C.O=C(O)C(F)(F)F. The molecule has 1 aromatic rings. The predicted molar refractivity (Wildman–Crippen MR) is 83.6 cm³/mol. The fraction of sp³-hybridized carbons (Fsp3) is 0.750. The van der Waals surface area contributed by atoms with Crippen LogP contribution in [0.25, 0.3) is 0 Å². The quantitative estimate of drug-likeness (QED) is 0.861. The third-order valence-corrected chi connectivity index (χ3v) is 4.74. The van der Waals surface area contributed by atoms with Crippen LogP contribution in [0.3, 0.4) is 0 Å². The number of alkyl halides is 3. The maximum atomic E-state index is 10.6. The summed E-state index contributed by atoms with van der Waals surface area (Å²) in [5, 5.41) is 11.2. The van der Waals surface area contributed by atoms with Crippen molar-refractivity contribution in [3.8, 4) is 0 Å². The number of aryl methyl sites for hydroxylation is 2. The second-order valence-electron chi connectivity index (χ2n) is 6.33. The molecule has 1 N–H and O–H groups in total. The molecule has 2 heterocycles. The molecule has 0 unspecified atom stereocenters. The van der Waals surface area contributed by atoms with Crippen molar-refractivity contribution in [1.82, 2.24) is 10.1 Å². The van der Waals surface area contributed by atoms with E-state index in [1.807, 2.05) is 13.8 Å². The third-order valence-electron chi connectivity index (χ3n) is 4.74. The Morgan fingerprint density at radius 3 is 2.54 bits per heavy atom. The number of methoxy groups -OCH3 is 1. The van der Waals surface area contributed by atoms with E-state index in [1.54, 1.807) is 7.11 Å². The summed E-state index contributed by atoms with van der Waals surface area (Å²) < 4.78 is 48.4. The molecule has 148 valence electrons. The molecule has 0 bridgehead atoms. The second kappa shape index (κ2) is 8.36. The minimum Gasteiger partial charge on any atom is -0.475 e. The van der Waals surface area contributed by atoms with Crippen molar-refractivity contribution in [2.75, 3.05) is 20.3 Å². The summed E-state index contributed by atoms with van der Waals surface area (Å²) in [5.41, 5.74) is 2.23. The van der Waals surface area contributed by atoms with Crippen molar-refractivity contribution in [2.24, 2.45) is 0 Å². The molecule has 3 rings (SSSR count). The zero-order valence-corrected chi connectivity index (χ0v) is 14.9. The van der Waals surface area contributed by atoms with Crippen LogP contribution >= 0.6 is 0 Å². The van der Waals surface area contributed by atoms with E-state index in [9.17, 15) is 13.2 Å². The number of morpholine rings is 1. The van der Waals surface area contributed by atoms with Gasteiger partial charge in [-0.15, -0.1) is 0 Å². The number of carboxylic acid groups (broad SMARTS) is 1. The summed E-state index contributed by atoms with van der Waals surface area (Å²) in [5.74, 6) is -1.82. The van der Waals surface area contributed by atoms with Crippen LogP contribution in [0.5, 0.6) is 0 Å². The van der Waals surface area contributed by atoms with Crippen LogP contribution in [-0.2, 0) is 20.8 Å². The van der Waals surface area contributed by atoms with Gasteiger partial charge in [0.15, 0.2) is 0 Å². The van der Waals surface area contributed by atoms with Gasteiger partial charge in [-0.3, -0.25) is 4.90 Å². The number of hydrogen-bond acceptors (Lipinski definition) is 6. The van der Waals surface area contributed by atoms with Crippen molar-refractivity contribution in [2.45, 2.75) is 57.7 Å². The molecular formula is C16H23F3N2O5. The number of nitrogens with zero attached hydrogens (tertiary/aromatic N) is 2. The monoisotopic (exact) mass is 380 g/mol. The molecule has 1 aliphatic carbocycles. The van der Waals surface area contributed by atoms with Crippen molar-refractivity contribution < 1.29 is 37.1 Å². The molecule has 1 saturated carbocycles. The maximum Gasteiger partial charge on any atom is 0.490 e. The number of aliphatic carboxylic acids is 1. The molecular weight excluding hydrogens is 357 g/mol. The number of halogens is 3. The van der Waals surface area contributed by atoms with Gasteiger partial charge in [-0.25, -0.2) is 4.79 Å². The van der Waals surface area contributed by atoms with Crippen LogP contribution in [0.4, 0.5) is 13.2 Å². The molecule has 26 heavy (non-hydrogen) atoms. The Kier molecular flexibility index (Phi) is 6.64. The van der Waals surface area contributed by atoms with Crippen LogP contribution in [0, 0.1) is 13.8 Å². The molecule has 0 amide bonds. The Bertz CT molecular complexity index is 600. The number of fused-ring (bicyclic) bond motifs is 1. The van der Waals surface area contributed by atoms with Crippen LogP contribution in [0.1, 0.15) is 29.9 Å². The van der Waals surface area contributed by atoms with Gasteiger partial charge in [0.2, 0.25) is 0 Å². The molecule has 10 heteroatoms. The Hall–Kier alpha value is -1.65. The number of carbonyl (C=O) groups is 1. The molecule has 3 atom stereocenters. The second-order valence-corrected chi connectivity index (χ2v) is 6.33. The minimum absolute atomic E-state index is 0.222. The number of ether oxygens (including phenoxy) is 2. The normalized spacial score (nSPS) is 26.2. The van der Waals surface area contributed by atoms with Crippen molar-refractivity contribution in [1.29, 1.82) is 0 Å². The lowest BCUT2D eigenvalue weighted by atomic mass is 10.1. The molecule has 1 aliphatic heterocycles. The Morgan fingerprint density at radius 2 is 2.04 bits per heavy atom. The Balaban J connectivity index is 0.000000298. The highest BCUT2D eigenvalue weighted by Crippen LogP contribution is 2.33. The lowest BCUT2D eigenvalue weighted by molar-refractivity contribution is -0.192. The van der Waals surface area contributed by atoms with Gasteiger partial charge in [0.1, 0.15) is 5.76 Å². The van der Waals surface area contributed by atoms with E-state index in [-0.39, 0.29) is 12.2 Å². The molecule has 2 fully saturated rings. The number of hydrogen-bond donors (Lipinski definition) is 1. The zero-order chi connectivity index (χ0) is 19.5. The van der Waals surface area contributed by atoms with Crippen molar-refractivity contribution in [3.05, 3.63) is 17.0 Å². The first-order chi connectivity index (χ1) is 12.1. The summed E-state index contributed by atoms with van der Waals surface area (Å²) in [7, 11) is 1.78. The third kappa shape index (κ3) is 4.74. The zero-order valence-electron chi connectivity index (χ0n) is 14.9. The molecule has 0 aromatic carbocycles. The summed E-state index contributed by atoms with van der Waals surface area (Å²) in [6.07, 6.45) is -2.38. The average Bonchev–Trinajstić information content (AvgIpc) is 3.13. The van der Waals surface area contributed by atoms with Crippen molar-refractivity contribution in [3.63, 3.8) is 0 Å². The van der Waals surface area contributed by atoms with Gasteiger partial charge >= 0.3 is 12.1 Å². The van der Waals surface area contributed by atoms with Gasteiger partial charge in [0, 0.05) is 31.8 Å². The molecule has 0 radical (unpaired) electrons. The van der Waals surface area contributed by atoms with Crippen molar-refractivity contribution >= 4 is 5.97 Å². The highest BCUT2D eigenvalue weighted by Gasteiger charge is 2.43. The van der Waals surface area contributed by atoms with E-state index < -0.39 is 12.1 Å². The molecule has 1 saturated heterocycles. The van der Waals surface area contributed by atoms with Gasteiger partial charge in [0.05, 0.1) is 24.5 Å². The molecule has 7 nitrogen and oxygen atoms in total. The highest BCUT2D eigenvalue weighted by molar-refractivity contribution is 5.73. The Labute approximate surface area is 149 Å². The summed E-state index contributed by atoms with van der Waals surface area (Å²) >= 11 is 0. The molecule has 2 aliphatic rings. The van der Waals surface area contributed by atoms with E-state index in [4.69, 9.17) is 23.9 Å². The number of aromatic nitrogens is 1. The van der Waals surface area contributed by atoms with Crippen LogP contribution in [-0.4, -0.2) is 65.8 Å². The Morgan fingerprint density at radius 1 is 1.38 bits per heavy atom. The maximum absolute atomic E-state index is 10.6. The van der Waals surface area contributed by atoms with E-state index in [1.165, 1.54) is 5.56 Å². The standard InChI is InChI=1S/C14H22N2O3.C2HF3O2/c1-9-11(10(2)19-15-9)8-16-6-7-18-14-12(16)4-5-13(14)17-3;3-2(4,5)1(6)7/h12-14H,4-8H2,1-3H3;(H,6,7)/t12-,13+,14+;/m0./s1. The molecule has 0 spiro atoms. The van der Waals surface area contributed by atoms with Crippen LogP contribution in [0.15, 0.2) is 4.52 Å². The van der Waals surface area contributed by atoms with Gasteiger partial charge < -0.3 is 19.1 Å². The lowest BCUT2D eigenvalue weighted by Crippen LogP contribution is -2.51. The first kappa shape index (κ1) is 20.7. The smallest absolute Gasteiger partial charge is 0.475 e. The highest BCUT2D eigenvalue weighted by atomic mass is 19.4. The van der Waals surface area contributed by atoms with Gasteiger partial charge in [-0.05, 0) is 26.7 Å². The van der Waals surface area contributed by atoms with Gasteiger partial charge in [-0.2, -0.15) is 13.2 Å². The minimum atomic E-state index is -5.08. The fourth-order valence-electron chi connectivity index (χ4n) is 3.37. The van der Waals surface area contributed by atoms with E-state index in [0.717, 1.165) is 44.0 Å². The van der Waals surface area contributed by atoms with Crippen LogP contribution < -0.4 is 0 Å². The first-order valence-electron chi connectivity index (χ1n) is 8.25. The van der Waals surface area contributed by atoms with Crippen LogP contribution in [0.2, 0.25) is 0 Å².